The molecule has 1 atom stereocenters. The van der Waals surface area contributed by atoms with Crippen LogP contribution in [-0.4, -0.2) is 29.7 Å². The largest absolute Gasteiger partial charge is 0.383 e. The van der Waals surface area contributed by atoms with Crippen LogP contribution in [0.3, 0.4) is 0 Å². The summed E-state index contributed by atoms with van der Waals surface area (Å²) in [5.41, 5.74) is 2.41. The average Bonchev–Trinajstić information content (AvgIpc) is 2.31. The third-order valence-corrected chi connectivity index (χ3v) is 2.93. The maximum absolute atomic E-state index is 5.28. The van der Waals surface area contributed by atoms with Gasteiger partial charge in [-0.15, -0.1) is 0 Å². The van der Waals surface area contributed by atoms with Gasteiger partial charge in [0.25, 0.3) is 0 Å². The molecule has 1 heterocycles. The van der Waals surface area contributed by atoms with E-state index in [4.69, 9.17) is 10.6 Å². The fraction of sp³-hybridized carbons (Fsp3) is 0.600. The highest BCUT2D eigenvalue weighted by molar-refractivity contribution is 9.10. The molecule has 0 fully saturated rings. The first-order chi connectivity index (χ1) is 8.08. The van der Waals surface area contributed by atoms with E-state index in [1.165, 1.54) is 0 Å². The molecule has 0 spiro atoms. The molecule has 1 aromatic rings. The van der Waals surface area contributed by atoms with Crippen molar-refractivity contribution in [2.45, 2.75) is 19.9 Å². The number of rotatable bonds is 6. The predicted octanol–water partition coefficient (Wildman–Crippen LogP) is 1.61. The van der Waals surface area contributed by atoms with Gasteiger partial charge in [0, 0.05) is 13.3 Å². The molecule has 96 valence electrons. The Kier molecular flexibility index (Phi) is 5.60. The maximum Gasteiger partial charge on any atom is 0.239 e. The van der Waals surface area contributed by atoms with Crippen molar-refractivity contribution in [1.82, 2.24) is 9.97 Å². The number of nitrogens with zero attached hydrogens (tertiary/aromatic N) is 2. The van der Waals surface area contributed by atoms with Gasteiger partial charge in [-0.3, -0.25) is 5.43 Å². The molecule has 0 saturated carbocycles. The van der Waals surface area contributed by atoms with E-state index in [0.29, 0.717) is 24.3 Å². The molecule has 7 heteroatoms. The van der Waals surface area contributed by atoms with Crippen LogP contribution in [0, 0.1) is 5.92 Å². The molecule has 1 rings (SSSR count). The third-order valence-electron chi connectivity index (χ3n) is 2.35. The highest BCUT2D eigenvalue weighted by atomic mass is 79.9. The SMILES string of the molecule is COCC(Nc1nc(NN)ncc1Br)C(C)C. The quantitative estimate of drug-likeness (QED) is 0.547. The van der Waals surface area contributed by atoms with E-state index in [-0.39, 0.29) is 6.04 Å². The number of hydrogen-bond acceptors (Lipinski definition) is 6. The van der Waals surface area contributed by atoms with Crippen LogP contribution in [0.15, 0.2) is 10.7 Å². The van der Waals surface area contributed by atoms with Crippen molar-refractivity contribution in [2.75, 3.05) is 24.5 Å². The molecule has 6 nitrogen and oxygen atoms in total. The predicted molar refractivity (Wildman–Crippen MR) is 71.7 cm³/mol. The number of ether oxygens (including phenoxy) is 1. The number of nitrogens with two attached hydrogens (primary N) is 1. The van der Waals surface area contributed by atoms with Gasteiger partial charge in [0.2, 0.25) is 5.95 Å². The number of nitrogen functional groups attached to an aromatic ring is 1. The molecule has 1 unspecified atom stereocenters. The van der Waals surface area contributed by atoms with Crippen molar-refractivity contribution in [2.24, 2.45) is 11.8 Å². The first-order valence-electron chi connectivity index (χ1n) is 5.33. The van der Waals surface area contributed by atoms with Gasteiger partial charge < -0.3 is 10.1 Å². The number of hydrazine groups is 1. The summed E-state index contributed by atoms with van der Waals surface area (Å²) >= 11 is 3.39. The van der Waals surface area contributed by atoms with Crippen molar-refractivity contribution in [3.05, 3.63) is 10.7 Å². The summed E-state index contributed by atoms with van der Waals surface area (Å²) in [4.78, 5) is 8.22. The second-order valence-electron chi connectivity index (χ2n) is 3.98. The topological polar surface area (TPSA) is 85.1 Å². The fourth-order valence-electron chi connectivity index (χ4n) is 1.29. The minimum absolute atomic E-state index is 0.178. The summed E-state index contributed by atoms with van der Waals surface area (Å²) in [6.45, 7) is 4.85. The summed E-state index contributed by atoms with van der Waals surface area (Å²) in [6, 6.07) is 0.178. The molecule has 0 aliphatic carbocycles. The Morgan fingerprint density at radius 1 is 1.53 bits per heavy atom. The van der Waals surface area contributed by atoms with Gasteiger partial charge in [0.05, 0.1) is 17.1 Å². The van der Waals surface area contributed by atoms with Gasteiger partial charge in [-0.1, -0.05) is 13.8 Å². The van der Waals surface area contributed by atoms with Crippen molar-refractivity contribution >= 4 is 27.7 Å². The van der Waals surface area contributed by atoms with Gasteiger partial charge in [-0.2, -0.15) is 4.98 Å². The summed E-state index contributed by atoms with van der Waals surface area (Å²) in [5.74, 6) is 6.77. The van der Waals surface area contributed by atoms with Crippen molar-refractivity contribution in [3.63, 3.8) is 0 Å². The maximum atomic E-state index is 5.28. The summed E-state index contributed by atoms with van der Waals surface area (Å²) in [6.07, 6.45) is 1.65. The molecule has 0 aliphatic rings. The average molecular weight is 304 g/mol. The van der Waals surface area contributed by atoms with E-state index in [9.17, 15) is 0 Å². The van der Waals surface area contributed by atoms with Gasteiger partial charge in [0.15, 0.2) is 0 Å². The normalized spacial score (nSPS) is 12.6. The van der Waals surface area contributed by atoms with Crippen LogP contribution in [0.2, 0.25) is 0 Å². The summed E-state index contributed by atoms with van der Waals surface area (Å²) in [5, 5.41) is 3.30. The van der Waals surface area contributed by atoms with Crippen molar-refractivity contribution in [1.29, 1.82) is 0 Å². The molecule has 17 heavy (non-hydrogen) atoms. The Hall–Kier alpha value is -0.920. The van der Waals surface area contributed by atoms with E-state index >= 15 is 0 Å². The van der Waals surface area contributed by atoms with Gasteiger partial charge in [0.1, 0.15) is 5.82 Å². The monoisotopic (exact) mass is 303 g/mol. The first-order valence-corrected chi connectivity index (χ1v) is 6.12. The number of aromatic nitrogens is 2. The molecular weight excluding hydrogens is 286 g/mol. The molecular formula is C10H18BrN5O. The van der Waals surface area contributed by atoms with Crippen molar-refractivity contribution < 1.29 is 4.74 Å². The highest BCUT2D eigenvalue weighted by Gasteiger charge is 2.15. The number of nitrogens with one attached hydrogen (secondary N) is 2. The summed E-state index contributed by atoms with van der Waals surface area (Å²) < 4.78 is 5.96. The Balaban J connectivity index is 2.84. The smallest absolute Gasteiger partial charge is 0.239 e. The Morgan fingerprint density at radius 2 is 2.24 bits per heavy atom. The number of methoxy groups -OCH3 is 1. The minimum Gasteiger partial charge on any atom is -0.383 e. The Bertz CT molecular complexity index is 361. The number of anilines is 2. The van der Waals surface area contributed by atoms with Crippen LogP contribution in [0.25, 0.3) is 0 Å². The molecule has 4 N–H and O–H groups in total. The van der Waals surface area contributed by atoms with Gasteiger partial charge in [-0.05, 0) is 21.8 Å². The highest BCUT2D eigenvalue weighted by Crippen LogP contribution is 2.22. The van der Waals surface area contributed by atoms with Gasteiger partial charge >= 0.3 is 0 Å². The zero-order chi connectivity index (χ0) is 12.8. The Labute approximate surface area is 109 Å². The number of hydrogen-bond donors (Lipinski definition) is 3. The number of halogens is 1. The molecule has 0 bridgehead atoms. The molecule has 0 aliphatic heterocycles. The van der Waals surface area contributed by atoms with Crippen LogP contribution < -0.4 is 16.6 Å². The molecule has 0 saturated heterocycles. The summed E-state index contributed by atoms with van der Waals surface area (Å²) in [7, 11) is 1.68. The molecule has 0 amide bonds. The van der Waals surface area contributed by atoms with E-state index in [0.717, 1.165) is 4.47 Å². The Morgan fingerprint density at radius 3 is 2.76 bits per heavy atom. The second kappa shape index (κ2) is 6.73. The van der Waals surface area contributed by atoms with Crippen LogP contribution >= 0.6 is 15.9 Å². The van der Waals surface area contributed by atoms with Crippen LogP contribution in [0.1, 0.15) is 13.8 Å². The van der Waals surface area contributed by atoms with E-state index in [1.807, 2.05) is 0 Å². The lowest BCUT2D eigenvalue weighted by Gasteiger charge is -2.22. The van der Waals surface area contributed by atoms with E-state index < -0.39 is 0 Å². The standard InChI is InChI=1S/C10H18BrN5O/c1-6(2)8(5-17-3)14-9-7(11)4-13-10(15-9)16-12/h4,6,8H,5,12H2,1-3H3,(H2,13,14,15,16). The molecule has 1 aromatic heterocycles. The zero-order valence-electron chi connectivity index (χ0n) is 10.2. The van der Waals surface area contributed by atoms with Crippen LogP contribution in [0.4, 0.5) is 11.8 Å². The second-order valence-corrected chi connectivity index (χ2v) is 4.84. The first kappa shape index (κ1) is 14.1. The fourth-order valence-corrected chi connectivity index (χ4v) is 1.60. The molecule has 0 radical (unpaired) electrons. The van der Waals surface area contributed by atoms with Crippen LogP contribution in [0.5, 0.6) is 0 Å². The van der Waals surface area contributed by atoms with Gasteiger partial charge in [-0.25, -0.2) is 10.8 Å². The van der Waals surface area contributed by atoms with E-state index in [1.54, 1.807) is 13.3 Å². The lowest BCUT2D eigenvalue weighted by atomic mass is 10.1. The van der Waals surface area contributed by atoms with E-state index in [2.05, 4.69) is 50.5 Å². The van der Waals surface area contributed by atoms with Crippen molar-refractivity contribution in [3.8, 4) is 0 Å². The lowest BCUT2D eigenvalue weighted by molar-refractivity contribution is 0.171. The zero-order valence-corrected chi connectivity index (χ0v) is 11.8. The van der Waals surface area contributed by atoms with Crippen LogP contribution in [-0.2, 0) is 4.74 Å². The lowest BCUT2D eigenvalue weighted by Crippen LogP contribution is -2.31. The molecule has 0 aromatic carbocycles. The third kappa shape index (κ3) is 4.10. The minimum atomic E-state index is 0.178.